The Hall–Kier alpha value is 0.0300. The van der Waals surface area contributed by atoms with Crippen LogP contribution < -0.4 is 0 Å². The third kappa shape index (κ3) is 6.83. The van der Waals surface area contributed by atoms with Gasteiger partial charge in [0.15, 0.2) is 0 Å². The largest absolute Gasteiger partial charge is 0.395 e. The molecule has 0 aromatic carbocycles. The predicted octanol–water partition coefficient (Wildman–Crippen LogP) is 0.928. The molecule has 0 amide bonds. The van der Waals surface area contributed by atoms with E-state index < -0.39 is 7.60 Å². The summed E-state index contributed by atoms with van der Waals surface area (Å²) in [5, 5.41) is 17.9. The predicted molar refractivity (Wildman–Crippen MR) is 70.9 cm³/mol. The maximum atomic E-state index is 12.3. The fourth-order valence-corrected chi connectivity index (χ4v) is 3.73. The van der Waals surface area contributed by atoms with Crippen molar-refractivity contribution >= 4 is 7.60 Å². The van der Waals surface area contributed by atoms with E-state index in [0.717, 1.165) is 0 Å². The van der Waals surface area contributed by atoms with Gasteiger partial charge in [-0.3, -0.25) is 9.46 Å². The molecule has 110 valence electrons. The number of rotatable bonds is 11. The molecule has 1 unspecified atom stereocenters. The summed E-state index contributed by atoms with van der Waals surface area (Å²) in [6.07, 6.45) is 0.259. The van der Waals surface area contributed by atoms with Crippen LogP contribution in [0.25, 0.3) is 0 Å². The second kappa shape index (κ2) is 9.89. The molecule has 0 saturated carbocycles. The maximum absolute atomic E-state index is 12.3. The Morgan fingerprint density at radius 2 is 1.56 bits per heavy atom. The Bertz CT molecular complexity index is 236. The van der Waals surface area contributed by atoms with Crippen molar-refractivity contribution in [3.63, 3.8) is 0 Å². The van der Waals surface area contributed by atoms with Crippen molar-refractivity contribution in [3.8, 4) is 0 Å². The van der Waals surface area contributed by atoms with Crippen LogP contribution in [-0.2, 0) is 13.6 Å². The van der Waals surface area contributed by atoms with E-state index in [2.05, 4.69) is 0 Å². The summed E-state index contributed by atoms with van der Waals surface area (Å²) in [4.78, 5) is 1.87. The van der Waals surface area contributed by atoms with E-state index in [1.54, 1.807) is 13.8 Å². The van der Waals surface area contributed by atoms with Crippen molar-refractivity contribution < 1.29 is 23.8 Å². The average Bonchev–Trinajstić information content (AvgIpc) is 2.29. The van der Waals surface area contributed by atoms with Crippen LogP contribution in [0.1, 0.15) is 20.8 Å². The molecule has 0 aromatic heterocycles. The summed E-state index contributed by atoms with van der Waals surface area (Å²) < 4.78 is 22.8. The molecule has 6 nitrogen and oxygen atoms in total. The molecule has 0 saturated heterocycles. The van der Waals surface area contributed by atoms with Gasteiger partial charge in [-0.1, -0.05) is 0 Å². The van der Waals surface area contributed by atoms with Crippen LogP contribution >= 0.6 is 7.60 Å². The number of aliphatic hydroxyl groups is 2. The number of aliphatic hydroxyl groups excluding tert-OH is 2. The third-order valence-corrected chi connectivity index (χ3v) is 4.82. The maximum Gasteiger partial charge on any atom is 0.332 e. The van der Waals surface area contributed by atoms with E-state index in [1.165, 1.54) is 0 Å². The van der Waals surface area contributed by atoms with Crippen molar-refractivity contribution in [1.82, 2.24) is 4.90 Å². The number of nitrogens with zero attached hydrogens (tertiary/aromatic N) is 1. The van der Waals surface area contributed by atoms with Crippen LogP contribution in [-0.4, -0.2) is 66.8 Å². The summed E-state index contributed by atoms with van der Waals surface area (Å²) in [6.45, 7) is 6.96. The van der Waals surface area contributed by atoms with Crippen molar-refractivity contribution in [2.24, 2.45) is 0 Å². The van der Waals surface area contributed by atoms with Crippen LogP contribution in [0.5, 0.6) is 0 Å². The van der Waals surface area contributed by atoms with Crippen molar-refractivity contribution in [2.45, 2.75) is 26.8 Å². The van der Waals surface area contributed by atoms with Gasteiger partial charge < -0.3 is 19.3 Å². The zero-order valence-electron chi connectivity index (χ0n) is 11.5. The first kappa shape index (κ1) is 18.0. The highest BCUT2D eigenvalue weighted by Gasteiger charge is 2.28. The molecule has 18 heavy (non-hydrogen) atoms. The topological polar surface area (TPSA) is 79.2 Å². The monoisotopic (exact) mass is 283 g/mol. The van der Waals surface area contributed by atoms with E-state index in [1.807, 2.05) is 11.8 Å². The normalized spacial score (nSPS) is 14.1. The fourth-order valence-electron chi connectivity index (χ4n) is 1.78. The van der Waals surface area contributed by atoms with E-state index in [9.17, 15) is 4.57 Å². The minimum atomic E-state index is -3.08. The van der Waals surface area contributed by atoms with Crippen molar-refractivity contribution in [2.75, 3.05) is 45.7 Å². The van der Waals surface area contributed by atoms with Gasteiger partial charge in [-0.25, -0.2) is 0 Å². The lowest BCUT2D eigenvalue weighted by atomic mass is 10.3. The van der Waals surface area contributed by atoms with E-state index >= 15 is 0 Å². The first-order chi connectivity index (χ1) is 8.52. The molecule has 0 aromatic rings. The lowest BCUT2D eigenvalue weighted by molar-refractivity contribution is 0.130. The van der Waals surface area contributed by atoms with Gasteiger partial charge >= 0.3 is 7.60 Å². The van der Waals surface area contributed by atoms with Crippen LogP contribution in [0.4, 0.5) is 0 Å². The van der Waals surface area contributed by atoms with Gasteiger partial charge in [-0.2, -0.15) is 0 Å². The second-order valence-corrected chi connectivity index (χ2v) is 6.06. The molecule has 7 heteroatoms. The molecule has 0 rings (SSSR count). The molecule has 0 bridgehead atoms. The zero-order valence-corrected chi connectivity index (χ0v) is 12.4. The highest BCUT2D eigenvalue weighted by atomic mass is 31.2. The lowest BCUT2D eigenvalue weighted by Gasteiger charge is -2.30. The van der Waals surface area contributed by atoms with Gasteiger partial charge in [-0.15, -0.1) is 0 Å². The molecule has 0 aliphatic carbocycles. The second-order valence-electron chi connectivity index (χ2n) is 3.96. The van der Waals surface area contributed by atoms with Crippen LogP contribution in [0.15, 0.2) is 0 Å². The Morgan fingerprint density at radius 1 is 1.11 bits per heavy atom. The minimum Gasteiger partial charge on any atom is -0.395 e. The van der Waals surface area contributed by atoms with E-state index in [-0.39, 0.29) is 25.4 Å². The van der Waals surface area contributed by atoms with Crippen molar-refractivity contribution in [3.05, 3.63) is 0 Å². The molecule has 2 N–H and O–H groups in total. The van der Waals surface area contributed by atoms with Gasteiger partial charge in [-0.05, 0) is 20.8 Å². The van der Waals surface area contributed by atoms with Gasteiger partial charge in [0, 0.05) is 19.1 Å². The Balaban J connectivity index is 4.53. The summed E-state index contributed by atoms with van der Waals surface area (Å²) in [5.74, 6) is 0. The van der Waals surface area contributed by atoms with Gasteiger partial charge in [0.1, 0.15) is 0 Å². The van der Waals surface area contributed by atoms with Crippen molar-refractivity contribution in [1.29, 1.82) is 0 Å². The van der Waals surface area contributed by atoms with Crippen LogP contribution in [0.3, 0.4) is 0 Å². The Kier molecular flexibility index (Phi) is 9.91. The van der Waals surface area contributed by atoms with Gasteiger partial charge in [0.05, 0.1) is 32.6 Å². The highest BCUT2D eigenvalue weighted by molar-refractivity contribution is 7.53. The average molecular weight is 283 g/mol. The SMILES string of the molecule is CCOP(=O)(CC(C)N(CCO)CCO)OCC. The summed E-state index contributed by atoms with van der Waals surface area (Å²) in [5.41, 5.74) is 0. The highest BCUT2D eigenvalue weighted by Crippen LogP contribution is 2.48. The summed E-state index contributed by atoms with van der Waals surface area (Å²) in [7, 11) is -3.08. The van der Waals surface area contributed by atoms with Gasteiger partial charge in [0.2, 0.25) is 0 Å². The number of hydrogen-bond acceptors (Lipinski definition) is 6. The molecular weight excluding hydrogens is 257 g/mol. The Labute approximate surface area is 109 Å². The van der Waals surface area contributed by atoms with E-state index in [0.29, 0.717) is 26.3 Å². The molecule has 0 radical (unpaired) electrons. The molecule has 0 heterocycles. The number of hydrogen-bond donors (Lipinski definition) is 2. The molecule has 0 spiro atoms. The molecule has 0 aliphatic rings. The molecule has 0 aliphatic heterocycles. The van der Waals surface area contributed by atoms with E-state index in [4.69, 9.17) is 19.3 Å². The van der Waals surface area contributed by atoms with Gasteiger partial charge in [0.25, 0.3) is 0 Å². The first-order valence-electron chi connectivity index (χ1n) is 6.36. The quantitative estimate of drug-likeness (QED) is 0.549. The smallest absolute Gasteiger partial charge is 0.332 e. The third-order valence-electron chi connectivity index (χ3n) is 2.54. The first-order valence-corrected chi connectivity index (χ1v) is 8.09. The lowest BCUT2D eigenvalue weighted by Crippen LogP contribution is -2.39. The summed E-state index contributed by atoms with van der Waals surface area (Å²) in [6, 6.07) is -0.0896. The molecule has 0 fully saturated rings. The Morgan fingerprint density at radius 3 is 1.89 bits per heavy atom. The fraction of sp³-hybridized carbons (Fsp3) is 1.00. The van der Waals surface area contributed by atoms with Crippen LogP contribution in [0, 0.1) is 0 Å². The molecular formula is C11H26NO5P. The zero-order chi connectivity index (χ0) is 14.0. The van der Waals surface area contributed by atoms with Crippen LogP contribution in [0.2, 0.25) is 0 Å². The molecule has 1 atom stereocenters. The standard InChI is InChI=1S/C11H26NO5P/c1-4-16-18(15,17-5-2)10-11(3)12(6-8-13)7-9-14/h11,13-14H,4-10H2,1-3H3. The minimum absolute atomic E-state index is 0.00207. The summed E-state index contributed by atoms with van der Waals surface area (Å²) >= 11 is 0.